The van der Waals surface area contributed by atoms with Crippen LogP contribution in [0.4, 0.5) is 25.1 Å². The van der Waals surface area contributed by atoms with Crippen LogP contribution in [-0.4, -0.2) is 66.1 Å². The Balaban J connectivity index is 1.29. The van der Waals surface area contributed by atoms with Crippen molar-refractivity contribution in [3.05, 3.63) is 83.0 Å². The molecule has 2 atom stereocenters. The fourth-order valence-electron chi connectivity index (χ4n) is 5.44. The number of nitrogens with two attached hydrogens (primary N) is 1. The first-order valence-corrected chi connectivity index (χ1v) is 13.5. The van der Waals surface area contributed by atoms with Gasteiger partial charge in [-0.25, -0.2) is 18.6 Å². The predicted octanol–water partition coefficient (Wildman–Crippen LogP) is 4.94. The van der Waals surface area contributed by atoms with E-state index in [1.165, 1.54) is 11.0 Å². The molecule has 2 amide bonds. The largest absolute Gasteiger partial charge is 0.415 e. The van der Waals surface area contributed by atoms with Gasteiger partial charge in [-0.3, -0.25) is 4.79 Å². The van der Waals surface area contributed by atoms with E-state index in [0.29, 0.717) is 49.7 Å². The molecule has 0 radical (unpaired) electrons. The van der Waals surface area contributed by atoms with Crippen LogP contribution in [-0.2, 0) is 4.79 Å². The van der Waals surface area contributed by atoms with Crippen LogP contribution in [0.5, 0.6) is 5.75 Å². The first-order valence-electron chi connectivity index (χ1n) is 13.1. The Hall–Kier alpha value is -3.92. The molecule has 2 aliphatic heterocycles. The number of carbonyl (C=O) groups excluding carboxylic acids is 2. The Labute approximate surface area is 236 Å². The molecule has 2 fully saturated rings. The molecule has 2 saturated heterocycles. The summed E-state index contributed by atoms with van der Waals surface area (Å²) in [5.41, 5.74) is 7.29. The van der Waals surface area contributed by atoms with E-state index in [4.69, 9.17) is 22.1 Å². The maximum Gasteiger partial charge on any atom is 0.415 e. The van der Waals surface area contributed by atoms with Crippen molar-refractivity contribution < 1.29 is 23.1 Å². The summed E-state index contributed by atoms with van der Waals surface area (Å²) in [6, 6.07) is 13.6. The van der Waals surface area contributed by atoms with Gasteiger partial charge in [0, 0.05) is 56.2 Å². The van der Waals surface area contributed by atoms with Gasteiger partial charge >= 0.3 is 6.09 Å². The van der Waals surface area contributed by atoms with Crippen molar-refractivity contribution in [2.75, 3.05) is 43.9 Å². The average Bonchev–Trinajstić information content (AvgIpc) is 3.40. The van der Waals surface area contributed by atoms with E-state index < -0.39 is 23.8 Å². The predicted molar refractivity (Wildman–Crippen MR) is 148 cm³/mol. The van der Waals surface area contributed by atoms with Crippen LogP contribution in [0.15, 0.2) is 60.8 Å². The number of rotatable bonds is 5. The minimum atomic E-state index is -1.11. The standard InChI is InChI=1S/C29H30ClF2N5O3/c1-35(29(39)40-22-7-8-24(31)25(32)14-22)26-17-37(16-23(26)18-2-4-20(30)5-3-18)28(38)19-10-12-36(13-11-19)27-9-6-21(33)15-34-27/h2-9,14-15,19,23,26H,10-13,16-17,33H2,1H3/t23-,26+/m0/s1. The van der Waals surface area contributed by atoms with Crippen LogP contribution in [0.3, 0.4) is 0 Å². The molecular formula is C29H30ClF2N5O3. The Kier molecular flexibility index (Phi) is 8.07. The monoisotopic (exact) mass is 569 g/mol. The van der Waals surface area contributed by atoms with Gasteiger partial charge in [-0.05, 0) is 54.8 Å². The molecule has 1 aromatic heterocycles. The number of hydrogen-bond donors (Lipinski definition) is 1. The molecular weight excluding hydrogens is 540 g/mol. The van der Waals surface area contributed by atoms with Crippen molar-refractivity contribution in [1.82, 2.24) is 14.8 Å². The second kappa shape index (κ2) is 11.7. The van der Waals surface area contributed by atoms with E-state index in [-0.39, 0.29) is 23.5 Å². The molecule has 0 spiro atoms. The van der Waals surface area contributed by atoms with E-state index in [1.807, 2.05) is 29.2 Å². The second-order valence-corrected chi connectivity index (χ2v) is 10.7. The average molecular weight is 570 g/mol. The van der Waals surface area contributed by atoms with Gasteiger partial charge in [0.2, 0.25) is 5.91 Å². The quantitative estimate of drug-likeness (QED) is 0.468. The Bertz CT molecular complexity index is 1370. The lowest BCUT2D eigenvalue weighted by molar-refractivity contribution is -0.135. The van der Waals surface area contributed by atoms with Gasteiger partial charge in [0.05, 0.1) is 17.9 Å². The third-order valence-corrected chi connectivity index (χ3v) is 7.97. The van der Waals surface area contributed by atoms with E-state index in [9.17, 15) is 18.4 Å². The van der Waals surface area contributed by atoms with Crippen molar-refractivity contribution in [2.24, 2.45) is 5.92 Å². The van der Waals surface area contributed by atoms with Crippen LogP contribution in [0.2, 0.25) is 5.02 Å². The number of likely N-dealkylation sites (N-methyl/N-ethyl adjacent to an activating group) is 1. The Morgan fingerprint density at radius 2 is 1.75 bits per heavy atom. The van der Waals surface area contributed by atoms with Gasteiger partial charge in [0.1, 0.15) is 11.6 Å². The van der Waals surface area contributed by atoms with Gasteiger partial charge in [-0.15, -0.1) is 0 Å². The molecule has 210 valence electrons. The zero-order chi connectivity index (χ0) is 28.4. The number of likely N-dealkylation sites (tertiary alicyclic amines) is 1. The SMILES string of the molecule is CN(C(=O)Oc1ccc(F)c(F)c1)[C@@H]1CN(C(=O)C2CCN(c3ccc(N)cn3)CC2)C[C@H]1c1ccc(Cl)cc1. The van der Waals surface area contributed by atoms with E-state index >= 15 is 0 Å². The summed E-state index contributed by atoms with van der Waals surface area (Å²) in [4.78, 5) is 36.5. The highest BCUT2D eigenvalue weighted by molar-refractivity contribution is 6.30. The molecule has 2 aromatic carbocycles. The van der Waals surface area contributed by atoms with Gasteiger partial charge < -0.3 is 25.2 Å². The summed E-state index contributed by atoms with van der Waals surface area (Å²) in [6.07, 6.45) is 2.27. The maximum absolute atomic E-state index is 13.7. The zero-order valence-corrected chi connectivity index (χ0v) is 22.7. The molecule has 8 nitrogen and oxygen atoms in total. The highest BCUT2D eigenvalue weighted by Crippen LogP contribution is 2.34. The van der Waals surface area contributed by atoms with Crippen molar-refractivity contribution in [3.8, 4) is 5.75 Å². The summed E-state index contributed by atoms with van der Waals surface area (Å²) in [5, 5.41) is 0.583. The van der Waals surface area contributed by atoms with Gasteiger partial charge in [0.15, 0.2) is 11.6 Å². The molecule has 0 unspecified atom stereocenters. The Morgan fingerprint density at radius 1 is 1.02 bits per heavy atom. The highest BCUT2D eigenvalue weighted by atomic mass is 35.5. The fourth-order valence-corrected chi connectivity index (χ4v) is 5.57. The van der Waals surface area contributed by atoms with Crippen LogP contribution in [0, 0.1) is 17.6 Å². The number of amides is 2. The lowest BCUT2D eigenvalue weighted by Crippen LogP contribution is -2.45. The molecule has 2 aliphatic rings. The number of benzene rings is 2. The van der Waals surface area contributed by atoms with E-state index in [2.05, 4.69) is 9.88 Å². The summed E-state index contributed by atoms with van der Waals surface area (Å²) in [5.74, 6) is -1.69. The van der Waals surface area contributed by atoms with Crippen LogP contribution in [0.1, 0.15) is 24.3 Å². The van der Waals surface area contributed by atoms with Crippen molar-refractivity contribution in [3.63, 3.8) is 0 Å². The van der Waals surface area contributed by atoms with Gasteiger partial charge in [-0.1, -0.05) is 23.7 Å². The summed E-state index contributed by atoms with van der Waals surface area (Å²) in [7, 11) is 1.59. The smallest absolute Gasteiger partial charge is 0.410 e. The third kappa shape index (κ3) is 5.96. The molecule has 0 bridgehead atoms. The summed E-state index contributed by atoms with van der Waals surface area (Å²) < 4.78 is 32.3. The number of halogens is 3. The second-order valence-electron chi connectivity index (χ2n) is 10.2. The Morgan fingerprint density at radius 3 is 2.40 bits per heavy atom. The van der Waals surface area contributed by atoms with Gasteiger partial charge in [-0.2, -0.15) is 0 Å². The zero-order valence-electron chi connectivity index (χ0n) is 22.0. The lowest BCUT2D eigenvalue weighted by atomic mass is 9.93. The normalized spacial score (nSPS) is 19.5. The van der Waals surface area contributed by atoms with E-state index in [1.54, 1.807) is 25.4 Å². The lowest BCUT2D eigenvalue weighted by Gasteiger charge is -2.34. The molecule has 5 rings (SSSR count). The number of anilines is 2. The van der Waals surface area contributed by atoms with Gasteiger partial charge in [0.25, 0.3) is 0 Å². The number of nitrogens with zero attached hydrogens (tertiary/aromatic N) is 4. The molecule has 3 heterocycles. The summed E-state index contributed by atoms with van der Waals surface area (Å²) in [6.45, 7) is 2.14. The molecule has 2 N–H and O–H groups in total. The van der Waals surface area contributed by atoms with Crippen LogP contribution in [0.25, 0.3) is 0 Å². The number of pyridine rings is 1. The maximum atomic E-state index is 13.7. The van der Waals surface area contributed by atoms with Crippen LogP contribution < -0.4 is 15.4 Å². The molecule has 0 saturated carbocycles. The van der Waals surface area contributed by atoms with Crippen molar-refractivity contribution in [2.45, 2.75) is 24.8 Å². The minimum absolute atomic E-state index is 0.0498. The molecule has 3 aromatic rings. The first-order chi connectivity index (χ1) is 19.2. The summed E-state index contributed by atoms with van der Waals surface area (Å²) >= 11 is 6.11. The number of ether oxygens (including phenoxy) is 1. The van der Waals surface area contributed by atoms with Crippen molar-refractivity contribution in [1.29, 1.82) is 0 Å². The number of piperidine rings is 1. The number of nitrogen functional groups attached to an aromatic ring is 1. The number of carbonyl (C=O) groups is 2. The number of hydrogen-bond acceptors (Lipinski definition) is 6. The third-order valence-electron chi connectivity index (χ3n) is 7.72. The molecule has 0 aliphatic carbocycles. The minimum Gasteiger partial charge on any atom is -0.410 e. The number of aromatic nitrogens is 1. The van der Waals surface area contributed by atoms with Crippen molar-refractivity contribution >= 4 is 35.1 Å². The van der Waals surface area contributed by atoms with E-state index in [0.717, 1.165) is 23.5 Å². The topological polar surface area (TPSA) is 92.0 Å². The van der Waals surface area contributed by atoms with Crippen LogP contribution >= 0.6 is 11.6 Å². The fraction of sp³-hybridized carbons (Fsp3) is 0.345. The highest BCUT2D eigenvalue weighted by Gasteiger charge is 2.42. The first kappa shape index (κ1) is 27.6. The molecule has 40 heavy (non-hydrogen) atoms. The molecule has 11 heteroatoms.